The first kappa shape index (κ1) is 20.1. The number of aliphatic hydroxyl groups excluding tert-OH is 2. The van der Waals surface area contributed by atoms with Crippen molar-refractivity contribution in [3.05, 3.63) is 40.2 Å². The molecule has 0 aromatic heterocycles. The molecular formula is C22H21NO7. The zero-order valence-electron chi connectivity index (χ0n) is 16.2. The normalized spacial score (nSPS) is 32.5. The summed E-state index contributed by atoms with van der Waals surface area (Å²) in [5.41, 5.74) is 3.66. The second-order valence-corrected chi connectivity index (χ2v) is 8.10. The van der Waals surface area contributed by atoms with Gasteiger partial charge in [0.2, 0.25) is 5.91 Å². The highest BCUT2D eigenvalue weighted by Crippen LogP contribution is 2.51. The van der Waals surface area contributed by atoms with Crippen LogP contribution in [0.25, 0.3) is 0 Å². The van der Waals surface area contributed by atoms with Crippen LogP contribution in [0.3, 0.4) is 0 Å². The van der Waals surface area contributed by atoms with E-state index < -0.39 is 52.7 Å². The predicted molar refractivity (Wildman–Crippen MR) is 103 cm³/mol. The molecule has 2 unspecified atom stereocenters. The summed E-state index contributed by atoms with van der Waals surface area (Å²) >= 11 is 0. The molecule has 0 bridgehead atoms. The highest BCUT2D eigenvalue weighted by Gasteiger charge is 2.62. The SMILES string of the molecule is CC#Cc1ccc(O)c2c1C[C@H]1C[C@H]3CC(O)C(C(N)=O)C(=O)[C@@]3(O)C(O)=C1C2=O. The van der Waals surface area contributed by atoms with E-state index in [2.05, 4.69) is 11.8 Å². The molecule has 1 aromatic carbocycles. The molecule has 30 heavy (non-hydrogen) atoms. The number of fused-ring (bicyclic) bond motifs is 3. The van der Waals surface area contributed by atoms with Crippen LogP contribution in [0, 0.1) is 29.6 Å². The van der Waals surface area contributed by atoms with Crippen molar-refractivity contribution >= 4 is 17.5 Å². The number of aromatic hydroxyl groups is 1. The first-order valence-corrected chi connectivity index (χ1v) is 9.62. The van der Waals surface area contributed by atoms with Crippen LogP contribution < -0.4 is 5.73 Å². The van der Waals surface area contributed by atoms with E-state index in [4.69, 9.17) is 5.73 Å². The number of nitrogens with two attached hydrogens (primary N) is 1. The van der Waals surface area contributed by atoms with Gasteiger partial charge in [-0.15, -0.1) is 5.92 Å². The maximum Gasteiger partial charge on any atom is 0.230 e. The number of primary amides is 1. The van der Waals surface area contributed by atoms with Crippen molar-refractivity contribution in [1.29, 1.82) is 0 Å². The summed E-state index contributed by atoms with van der Waals surface area (Å²) in [5.74, 6) is -1.49. The largest absolute Gasteiger partial charge is 0.508 e. The first-order chi connectivity index (χ1) is 14.1. The van der Waals surface area contributed by atoms with Crippen molar-refractivity contribution in [1.82, 2.24) is 0 Å². The Morgan fingerprint density at radius 3 is 2.57 bits per heavy atom. The molecule has 8 heteroatoms. The van der Waals surface area contributed by atoms with E-state index in [0.29, 0.717) is 11.1 Å². The van der Waals surface area contributed by atoms with Gasteiger partial charge >= 0.3 is 0 Å². The molecular weight excluding hydrogens is 390 g/mol. The van der Waals surface area contributed by atoms with Crippen molar-refractivity contribution in [2.24, 2.45) is 23.5 Å². The second-order valence-electron chi connectivity index (χ2n) is 8.10. The van der Waals surface area contributed by atoms with Gasteiger partial charge in [-0.05, 0) is 49.8 Å². The van der Waals surface area contributed by atoms with Gasteiger partial charge in [-0.1, -0.05) is 5.92 Å². The van der Waals surface area contributed by atoms with E-state index in [-0.39, 0.29) is 36.1 Å². The second kappa shape index (κ2) is 6.69. The number of ketones is 2. The van der Waals surface area contributed by atoms with Gasteiger partial charge < -0.3 is 26.2 Å². The Morgan fingerprint density at radius 2 is 1.93 bits per heavy atom. The quantitative estimate of drug-likeness (QED) is 0.324. The summed E-state index contributed by atoms with van der Waals surface area (Å²) in [4.78, 5) is 37.8. The average molecular weight is 411 g/mol. The summed E-state index contributed by atoms with van der Waals surface area (Å²) in [6, 6.07) is 2.94. The molecule has 6 N–H and O–H groups in total. The summed E-state index contributed by atoms with van der Waals surface area (Å²) in [7, 11) is 0. The number of hydrogen-bond donors (Lipinski definition) is 5. The van der Waals surface area contributed by atoms with Crippen molar-refractivity contribution in [2.75, 3.05) is 0 Å². The standard InChI is InChI=1S/C22H21NO7/c1-2-3-9-4-5-13(24)16-12(9)7-10-6-11-8-14(25)17(21(23)29)20(28)22(11,30)19(27)15(10)18(16)26/h4-5,10-11,14,17,24-25,27,30H,6-8H2,1H3,(H2,23,29)/t10-,11+,14?,17?,22+/m1/s1. The zero-order chi connectivity index (χ0) is 22.0. The van der Waals surface area contributed by atoms with Crippen molar-refractivity contribution in [2.45, 2.75) is 37.9 Å². The monoisotopic (exact) mass is 411 g/mol. The Morgan fingerprint density at radius 1 is 1.23 bits per heavy atom. The molecule has 1 saturated carbocycles. The molecule has 1 aromatic rings. The Balaban J connectivity index is 1.90. The lowest BCUT2D eigenvalue weighted by molar-refractivity contribution is -0.167. The summed E-state index contributed by atoms with van der Waals surface area (Å²) < 4.78 is 0. The summed E-state index contributed by atoms with van der Waals surface area (Å²) in [6.07, 6.45) is -1.13. The van der Waals surface area contributed by atoms with Crippen LogP contribution in [-0.4, -0.2) is 49.6 Å². The highest BCUT2D eigenvalue weighted by atomic mass is 16.3. The number of Topliss-reactive ketones (excluding diaryl/α,β-unsaturated/α-hetero) is 2. The van der Waals surface area contributed by atoms with Gasteiger partial charge in [0, 0.05) is 17.1 Å². The topological polar surface area (TPSA) is 158 Å². The van der Waals surface area contributed by atoms with Crippen LogP contribution in [0.2, 0.25) is 0 Å². The van der Waals surface area contributed by atoms with Gasteiger partial charge in [0.05, 0.1) is 11.7 Å². The lowest BCUT2D eigenvalue weighted by Gasteiger charge is -2.48. The van der Waals surface area contributed by atoms with Gasteiger partial charge in [-0.25, -0.2) is 0 Å². The number of amides is 1. The fraction of sp³-hybridized carbons (Fsp3) is 0.409. The van der Waals surface area contributed by atoms with E-state index in [1.165, 1.54) is 6.07 Å². The number of phenolic OH excluding ortho intramolecular Hbond substituents is 1. The van der Waals surface area contributed by atoms with Gasteiger partial charge in [0.25, 0.3) is 0 Å². The third-order valence-electron chi connectivity index (χ3n) is 6.53. The Bertz CT molecular complexity index is 1090. The average Bonchev–Trinajstić information content (AvgIpc) is 2.66. The third kappa shape index (κ3) is 2.52. The fourth-order valence-corrected chi connectivity index (χ4v) is 5.18. The number of aliphatic hydroxyl groups is 3. The third-order valence-corrected chi connectivity index (χ3v) is 6.53. The van der Waals surface area contributed by atoms with Crippen LogP contribution in [0.1, 0.15) is 41.3 Å². The number of benzene rings is 1. The van der Waals surface area contributed by atoms with Gasteiger partial charge in [-0.2, -0.15) is 0 Å². The van der Waals surface area contributed by atoms with E-state index >= 15 is 0 Å². The minimum atomic E-state index is -2.49. The molecule has 0 heterocycles. The van der Waals surface area contributed by atoms with Crippen LogP contribution in [0.5, 0.6) is 5.75 Å². The van der Waals surface area contributed by atoms with Crippen LogP contribution >= 0.6 is 0 Å². The molecule has 0 spiro atoms. The number of hydrogen-bond acceptors (Lipinski definition) is 7. The molecule has 5 atom stereocenters. The number of carbonyl (C=O) groups excluding carboxylic acids is 3. The maximum absolute atomic E-state index is 13.3. The molecule has 156 valence electrons. The Hall–Kier alpha value is -3.15. The minimum absolute atomic E-state index is 0.0233. The Kier molecular flexibility index (Phi) is 4.49. The van der Waals surface area contributed by atoms with Gasteiger partial charge in [0.15, 0.2) is 17.2 Å². The van der Waals surface area contributed by atoms with E-state index in [1.807, 2.05) is 0 Å². The molecule has 0 radical (unpaired) electrons. The maximum atomic E-state index is 13.3. The Labute approximate surface area is 172 Å². The van der Waals surface area contributed by atoms with Crippen LogP contribution in [0.15, 0.2) is 23.5 Å². The predicted octanol–water partition coefficient (Wildman–Crippen LogP) is 0.117. The number of rotatable bonds is 1. The molecule has 0 saturated heterocycles. The first-order valence-electron chi connectivity index (χ1n) is 9.62. The molecule has 1 fully saturated rings. The minimum Gasteiger partial charge on any atom is -0.508 e. The molecule has 3 aliphatic carbocycles. The van der Waals surface area contributed by atoms with Gasteiger partial charge in [0.1, 0.15) is 17.4 Å². The van der Waals surface area contributed by atoms with Crippen molar-refractivity contribution in [3.63, 3.8) is 0 Å². The number of phenols is 1. The van der Waals surface area contributed by atoms with Crippen molar-refractivity contribution in [3.8, 4) is 17.6 Å². The molecule has 0 aliphatic heterocycles. The lowest BCUT2D eigenvalue weighted by atomic mass is 9.57. The smallest absolute Gasteiger partial charge is 0.230 e. The fourth-order valence-electron chi connectivity index (χ4n) is 5.18. The molecule has 4 rings (SSSR count). The number of carbonyl (C=O) groups is 3. The van der Waals surface area contributed by atoms with E-state index in [9.17, 15) is 34.8 Å². The van der Waals surface area contributed by atoms with Gasteiger partial charge in [-0.3, -0.25) is 14.4 Å². The zero-order valence-corrected chi connectivity index (χ0v) is 16.2. The lowest BCUT2D eigenvalue weighted by Crippen LogP contribution is -2.63. The molecule has 8 nitrogen and oxygen atoms in total. The molecule has 1 amide bonds. The van der Waals surface area contributed by atoms with E-state index in [1.54, 1.807) is 13.0 Å². The van der Waals surface area contributed by atoms with Crippen molar-refractivity contribution < 1.29 is 34.8 Å². The summed E-state index contributed by atoms with van der Waals surface area (Å²) in [6.45, 7) is 1.64. The molecule has 3 aliphatic rings. The van der Waals surface area contributed by atoms with Crippen LogP contribution in [-0.2, 0) is 16.0 Å². The summed E-state index contributed by atoms with van der Waals surface area (Å²) in [5, 5.41) is 42.6. The van der Waals surface area contributed by atoms with Crippen LogP contribution in [0.4, 0.5) is 0 Å². The van der Waals surface area contributed by atoms with E-state index in [0.717, 1.165) is 0 Å². The number of allylic oxidation sites excluding steroid dienone is 1. The highest BCUT2D eigenvalue weighted by molar-refractivity contribution is 6.15.